The molecule has 5 heteroatoms. The Bertz CT molecular complexity index is 566. The van der Waals surface area contributed by atoms with Gasteiger partial charge in [-0.25, -0.2) is 4.39 Å². The number of halogens is 2. The van der Waals surface area contributed by atoms with Crippen LogP contribution in [-0.4, -0.2) is 9.78 Å². The van der Waals surface area contributed by atoms with Gasteiger partial charge in [-0.15, -0.1) is 0 Å². The van der Waals surface area contributed by atoms with E-state index in [4.69, 9.17) is 11.6 Å². The van der Waals surface area contributed by atoms with E-state index in [2.05, 4.69) is 17.3 Å². The molecule has 3 nitrogen and oxygen atoms in total. The van der Waals surface area contributed by atoms with E-state index in [9.17, 15) is 4.39 Å². The molecule has 0 radical (unpaired) electrons. The van der Waals surface area contributed by atoms with Crippen molar-refractivity contribution in [1.82, 2.24) is 15.1 Å². The average molecular weight is 282 g/mol. The summed E-state index contributed by atoms with van der Waals surface area (Å²) in [5.41, 5.74) is 3.26. The van der Waals surface area contributed by atoms with Crippen LogP contribution in [-0.2, 0) is 26.6 Å². The SMILES string of the molecule is CCc1nn(C)cc1CNCc1ccc(F)c(Cl)c1. The molecule has 0 fully saturated rings. The maximum atomic E-state index is 13.0. The van der Waals surface area contributed by atoms with Crippen molar-refractivity contribution in [3.05, 3.63) is 52.1 Å². The zero-order valence-electron chi connectivity index (χ0n) is 11.1. The molecule has 0 aliphatic rings. The number of benzene rings is 1. The van der Waals surface area contributed by atoms with E-state index in [-0.39, 0.29) is 10.8 Å². The monoisotopic (exact) mass is 281 g/mol. The smallest absolute Gasteiger partial charge is 0.141 e. The highest BCUT2D eigenvalue weighted by Gasteiger charge is 2.05. The number of nitrogens with one attached hydrogen (secondary N) is 1. The van der Waals surface area contributed by atoms with Crippen LogP contribution in [0.2, 0.25) is 5.02 Å². The molecule has 19 heavy (non-hydrogen) atoms. The number of hydrogen-bond donors (Lipinski definition) is 1. The summed E-state index contributed by atoms with van der Waals surface area (Å²) in [4.78, 5) is 0. The summed E-state index contributed by atoms with van der Waals surface area (Å²) in [5, 5.41) is 7.87. The Hall–Kier alpha value is -1.39. The molecule has 0 unspecified atom stereocenters. The molecule has 0 aliphatic heterocycles. The Morgan fingerprint density at radius 1 is 1.37 bits per heavy atom. The van der Waals surface area contributed by atoms with Gasteiger partial charge in [-0.3, -0.25) is 4.68 Å². The van der Waals surface area contributed by atoms with Crippen molar-refractivity contribution in [2.24, 2.45) is 7.05 Å². The van der Waals surface area contributed by atoms with Crippen molar-refractivity contribution in [2.75, 3.05) is 0 Å². The first-order valence-electron chi connectivity index (χ1n) is 6.26. The van der Waals surface area contributed by atoms with Gasteiger partial charge in [0.05, 0.1) is 10.7 Å². The van der Waals surface area contributed by atoms with Crippen LogP contribution in [0.25, 0.3) is 0 Å². The Balaban J connectivity index is 1.94. The second-order valence-electron chi connectivity index (χ2n) is 4.48. The molecule has 0 saturated carbocycles. The van der Waals surface area contributed by atoms with E-state index < -0.39 is 0 Å². The van der Waals surface area contributed by atoms with Gasteiger partial charge in [0.15, 0.2) is 0 Å². The second-order valence-corrected chi connectivity index (χ2v) is 4.89. The summed E-state index contributed by atoms with van der Waals surface area (Å²) >= 11 is 5.74. The summed E-state index contributed by atoms with van der Waals surface area (Å²) in [6.45, 7) is 3.48. The zero-order chi connectivity index (χ0) is 13.8. The van der Waals surface area contributed by atoms with Gasteiger partial charge in [0.1, 0.15) is 5.82 Å². The molecule has 0 atom stereocenters. The first-order chi connectivity index (χ1) is 9.10. The van der Waals surface area contributed by atoms with Gasteiger partial charge in [-0.2, -0.15) is 5.10 Å². The Kier molecular flexibility index (Phi) is 4.56. The molecule has 1 aromatic carbocycles. The molecule has 102 valence electrons. The lowest BCUT2D eigenvalue weighted by Gasteiger charge is -2.05. The van der Waals surface area contributed by atoms with Crippen LogP contribution in [0.15, 0.2) is 24.4 Å². The Labute approximate surface area is 117 Å². The maximum Gasteiger partial charge on any atom is 0.141 e. The molecule has 0 aliphatic carbocycles. The fraction of sp³-hybridized carbons (Fsp3) is 0.357. The molecule has 0 amide bonds. The number of hydrogen-bond acceptors (Lipinski definition) is 2. The van der Waals surface area contributed by atoms with Crippen LogP contribution in [0.5, 0.6) is 0 Å². The van der Waals surface area contributed by atoms with Gasteiger partial charge in [-0.1, -0.05) is 24.6 Å². The highest BCUT2D eigenvalue weighted by molar-refractivity contribution is 6.30. The lowest BCUT2D eigenvalue weighted by Crippen LogP contribution is -2.13. The van der Waals surface area contributed by atoms with E-state index in [1.165, 1.54) is 11.6 Å². The van der Waals surface area contributed by atoms with Gasteiger partial charge in [-0.05, 0) is 24.1 Å². The zero-order valence-corrected chi connectivity index (χ0v) is 11.8. The summed E-state index contributed by atoms with van der Waals surface area (Å²) in [6.07, 6.45) is 2.93. The van der Waals surface area contributed by atoms with E-state index in [1.54, 1.807) is 12.1 Å². The van der Waals surface area contributed by atoms with Crippen molar-refractivity contribution in [3.63, 3.8) is 0 Å². The van der Waals surface area contributed by atoms with Crippen LogP contribution >= 0.6 is 11.6 Å². The van der Waals surface area contributed by atoms with E-state index in [0.717, 1.165) is 24.2 Å². The van der Waals surface area contributed by atoms with Crippen molar-refractivity contribution in [2.45, 2.75) is 26.4 Å². The number of rotatable bonds is 5. The quantitative estimate of drug-likeness (QED) is 0.913. The minimum Gasteiger partial charge on any atom is -0.308 e. The topological polar surface area (TPSA) is 29.9 Å². The molecule has 0 saturated heterocycles. The van der Waals surface area contributed by atoms with Gasteiger partial charge < -0.3 is 5.32 Å². The first kappa shape index (κ1) is 14.0. The molecular formula is C14H17ClFN3. The summed E-state index contributed by atoms with van der Waals surface area (Å²) < 4.78 is 14.8. The van der Waals surface area contributed by atoms with Crippen LogP contribution in [0, 0.1) is 5.82 Å². The highest BCUT2D eigenvalue weighted by Crippen LogP contribution is 2.16. The van der Waals surface area contributed by atoms with Gasteiger partial charge >= 0.3 is 0 Å². The van der Waals surface area contributed by atoms with Crippen molar-refractivity contribution in [3.8, 4) is 0 Å². The highest BCUT2D eigenvalue weighted by atomic mass is 35.5. The summed E-state index contributed by atoms with van der Waals surface area (Å²) in [7, 11) is 1.92. The fourth-order valence-corrected chi connectivity index (χ4v) is 2.22. The molecular weight excluding hydrogens is 265 g/mol. The number of aromatic nitrogens is 2. The second kappa shape index (κ2) is 6.17. The Morgan fingerprint density at radius 3 is 2.84 bits per heavy atom. The maximum absolute atomic E-state index is 13.0. The minimum absolute atomic E-state index is 0.162. The molecule has 0 bridgehead atoms. The van der Waals surface area contributed by atoms with Crippen LogP contribution < -0.4 is 5.32 Å². The lowest BCUT2D eigenvalue weighted by atomic mass is 10.2. The summed E-state index contributed by atoms with van der Waals surface area (Å²) in [6, 6.07) is 4.77. The minimum atomic E-state index is -0.383. The van der Waals surface area contributed by atoms with E-state index >= 15 is 0 Å². The lowest BCUT2D eigenvalue weighted by molar-refractivity contribution is 0.625. The molecule has 0 spiro atoms. The summed E-state index contributed by atoms with van der Waals surface area (Å²) in [5.74, 6) is -0.383. The molecule has 2 aromatic rings. The Morgan fingerprint density at radius 2 is 2.16 bits per heavy atom. The third-order valence-electron chi connectivity index (χ3n) is 2.96. The fourth-order valence-electron chi connectivity index (χ4n) is 2.02. The third-order valence-corrected chi connectivity index (χ3v) is 3.24. The number of aryl methyl sites for hydroxylation is 2. The van der Waals surface area contributed by atoms with E-state index in [1.807, 2.05) is 17.9 Å². The molecule has 2 rings (SSSR count). The molecule has 1 aromatic heterocycles. The van der Waals surface area contributed by atoms with E-state index in [0.29, 0.717) is 6.54 Å². The largest absolute Gasteiger partial charge is 0.308 e. The number of nitrogens with zero attached hydrogens (tertiary/aromatic N) is 2. The van der Waals surface area contributed by atoms with Crippen LogP contribution in [0.1, 0.15) is 23.7 Å². The predicted molar refractivity (Wildman–Crippen MR) is 74.5 cm³/mol. The third kappa shape index (κ3) is 3.55. The molecule has 1 N–H and O–H groups in total. The van der Waals surface area contributed by atoms with Crippen LogP contribution in [0.4, 0.5) is 4.39 Å². The molecule has 1 heterocycles. The standard InChI is InChI=1S/C14H17ClFN3/c1-3-14-11(9-19(2)18-14)8-17-7-10-4-5-13(16)12(15)6-10/h4-6,9,17H,3,7-8H2,1-2H3. The van der Waals surface area contributed by atoms with Gasteiger partial charge in [0.25, 0.3) is 0 Å². The normalized spacial score (nSPS) is 10.9. The van der Waals surface area contributed by atoms with Gasteiger partial charge in [0, 0.05) is 31.9 Å². The first-order valence-corrected chi connectivity index (χ1v) is 6.64. The van der Waals surface area contributed by atoms with Crippen molar-refractivity contribution in [1.29, 1.82) is 0 Å². The van der Waals surface area contributed by atoms with Gasteiger partial charge in [0.2, 0.25) is 0 Å². The predicted octanol–water partition coefficient (Wildman–Crippen LogP) is 3.06. The van der Waals surface area contributed by atoms with Crippen molar-refractivity contribution >= 4 is 11.6 Å². The van der Waals surface area contributed by atoms with Crippen molar-refractivity contribution < 1.29 is 4.39 Å². The average Bonchev–Trinajstić information content (AvgIpc) is 2.74. The van der Waals surface area contributed by atoms with Crippen LogP contribution in [0.3, 0.4) is 0 Å².